The number of aromatic hydroxyl groups is 1. The Morgan fingerprint density at radius 1 is 0.602 bits per heavy atom. The van der Waals surface area contributed by atoms with E-state index in [2.05, 4.69) is 91.1 Å². The average molecular weight is 1490 g/mol. The molecule has 24 nitrogen and oxygen atoms in total. The predicted octanol–water partition coefficient (Wildman–Crippen LogP) is 8.27. The number of benzene rings is 5. The summed E-state index contributed by atoms with van der Waals surface area (Å²) >= 11 is 0. The van der Waals surface area contributed by atoms with Gasteiger partial charge in [0, 0.05) is 47.2 Å². The van der Waals surface area contributed by atoms with Crippen molar-refractivity contribution in [2.45, 2.75) is 218 Å². The number of hydrogen-bond donors (Lipinski definition) is 10. The Morgan fingerprint density at radius 3 is 1.63 bits per heavy atom. The van der Waals surface area contributed by atoms with E-state index in [9.17, 15) is 29.1 Å². The van der Waals surface area contributed by atoms with Crippen LogP contribution in [-0.2, 0) is 70.9 Å². The Labute approximate surface area is 639 Å². The van der Waals surface area contributed by atoms with Crippen LogP contribution in [0.1, 0.15) is 160 Å². The van der Waals surface area contributed by atoms with Gasteiger partial charge >= 0.3 is 12.0 Å². The Morgan fingerprint density at radius 2 is 1.11 bits per heavy atom. The van der Waals surface area contributed by atoms with Crippen molar-refractivity contribution in [3.05, 3.63) is 173 Å². The smallest absolute Gasteiger partial charge is 0.329 e. The molecule has 1 saturated heterocycles. The number of carbonyl (C=O) groups excluding carboxylic acids is 9. The van der Waals surface area contributed by atoms with Crippen molar-refractivity contribution >= 4 is 53.4 Å². The molecule has 9 amide bonds. The van der Waals surface area contributed by atoms with Crippen LogP contribution in [0.5, 0.6) is 5.75 Å². The number of esters is 1. The lowest BCUT2D eigenvalue weighted by Crippen LogP contribution is -2.60. The number of ether oxygens (including phenoxy) is 3. The molecule has 11 N–H and O–H groups in total. The van der Waals surface area contributed by atoms with Crippen LogP contribution >= 0.6 is 0 Å². The molecule has 1 aliphatic heterocycles. The van der Waals surface area contributed by atoms with Gasteiger partial charge in [-0.25, -0.2) is 9.59 Å². The maximum atomic E-state index is 15.3. The van der Waals surface area contributed by atoms with Crippen molar-refractivity contribution in [1.82, 2.24) is 52.3 Å². The largest absolute Gasteiger partial charge is 0.508 e. The second kappa shape index (κ2) is 42.5. The molecule has 0 aromatic heterocycles. The van der Waals surface area contributed by atoms with E-state index in [4.69, 9.17) is 19.9 Å². The van der Waals surface area contributed by atoms with Gasteiger partial charge in [0.05, 0.1) is 48.2 Å². The number of unbranched alkanes of at least 4 members (excludes halogenated alkanes) is 1. The van der Waals surface area contributed by atoms with Gasteiger partial charge in [-0.2, -0.15) is 0 Å². The van der Waals surface area contributed by atoms with E-state index in [0.29, 0.717) is 56.3 Å². The van der Waals surface area contributed by atoms with Crippen molar-refractivity contribution in [3.63, 3.8) is 0 Å². The molecule has 0 aliphatic carbocycles. The highest BCUT2D eigenvalue weighted by molar-refractivity contribution is 5.96. The zero-order valence-corrected chi connectivity index (χ0v) is 66.1. The minimum absolute atomic E-state index is 0.000930. The van der Waals surface area contributed by atoms with Gasteiger partial charge in [0.15, 0.2) is 0 Å². The molecule has 6 rings (SSSR count). The number of urea groups is 1. The average Bonchev–Trinajstić information content (AvgIpc) is 0.855. The number of carbonyl (C=O) groups is 9. The molecule has 0 radical (unpaired) electrons. The summed E-state index contributed by atoms with van der Waals surface area (Å²) in [5.41, 5.74) is 9.08. The number of primary amides is 1. The summed E-state index contributed by atoms with van der Waals surface area (Å²) in [6, 6.07) is 35.1. The van der Waals surface area contributed by atoms with Crippen LogP contribution in [0.3, 0.4) is 0 Å². The highest BCUT2D eigenvalue weighted by Gasteiger charge is 2.45. The van der Waals surface area contributed by atoms with Gasteiger partial charge in [0.25, 0.3) is 0 Å². The first kappa shape index (κ1) is 87.7. The van der Waals surface area contributed by atoms with Gasteiger partial charge in [0.2, 0.25) is 41.4 Å². The molecule has 24 heteroatoms. The fraction of sp³-hybridized carbons (Fsp3) is 0.536. The van der Waals surface area contributed by atoms with Crippen LogP contribution in [0.4, 0.5) is 4.79 Å². The fourth-order valence-electron chi connectivity index (χ4n) is 14.5. The normalized spacial score (nSPS) is 16.2. The third kappa shape index (κ3) is 25.2. The molecule has 5 aromatic carbocycles. The van der Waals surface area contributed by atoms with Gasteiger partial charge in [-0.3, -0.25) is 38.9 Å². The number of nitrogens with zero attached hydrogens (tertiary/aromatic N) is 2. The third-order valence-electron chi connectivity index (χ3n) is 20.5. The molecule has 12 atom stereocenters. The number of likely N-dealkylation sites (N-methyl/N-ethyl adjacent to an activating group) is 2. The first-order valence-corrected chi connectivity index (χ1v) is 38.2. The Kier molecular flexibility index (Phi) is 34.5. The number of likely N-dealkylation sites (tertiary alicyclic amines) is 1. The van der Waals surface area contributed by atoms with Crippen LogP contribution < -0.4 is 48.3 Å². The maximum Gasteiger partial charge on any atom is 0.329 e. The van der Waals surface area contributed by atoms with Gasteiger partial charge in [-0.1, -0.05) is 188 Å². The van der Waals surface area contributed by atoms with Crippen molar-refractivity contribution in [2.24, 2.45) is 29.4 Å². The Hall–Kier alpha value is -9.23. The number of nitrogens with two attached hydrogens (primary N) is 1. The van der Waals surface area contributed by atoms with Crippen LogP contribution in [0.15, 0.2) is 140 Å². The number of phenols is 1. The van der Waals surface area contributed by atoms with E-state index < -0.39 is 113 Å². The second-order valence-electron chi connectivity index (χ2n) is 30.4. The topological polar surface area (TPSA) is 330 Å². The van der Waals surface area contributed by atoms with E-state index in [1.807, 2.05) is 90.9 Å². The highest BCUT2D eigenvalue weighted by atomic mass is 16.6. The summed E-state index contributed by atoms with van der Waals surface area (Å²) in [6.45, 7) is 21.2. The quantitative estimate of drug-likeness (QED) is 0.00998. The first-order valence-electron chi connectivity index (χ1n) is 38.2. The van der Waals surface area contributed by atoms with Crippen molar-refractivity contribution in [3.8, 4) is 5.75 Å². The van der Waals surface area contributed by atoms with Crippen LogP contribution in [-0.4, -0.2) is 182 Å². The van der Waals surface area contributed by atoms with Gasteiger partial charge in [0.1, 0.15) is 41.6 Å². The molecule has 0 spiro atoms. The number of amides is 9. The fourth-order valence-corrected chi connectivity index (χ4v) is 14.5. The van der Waals surface area contributed by atoms with E-state index in [-0.39, 0.29) is 86.3 Å². The van der Waals surface area contributed by atoms with Crippen molar-refractivity contribution in [2.75, 3.05) is 47.9 Å². The maximum absolute atomic E-state index is 15.3. The SMILES string of the molecule is CC[C@H](C)[C@@H]([C@@H](CC(=O)N1CCC[C@H]1[C@H](OC)[C@@H](C)C(=O)N[C@@H](Cc1ccccc1)C(=O)N[C@@H](CCCNC(N)=O)C(=O)N[C@@H](CCCCNC(c1ccccc1)(c1ccccc1)c1ccc(C)cc1)C(=O)N[C@@H](Cc1ccc(O)cc1)C(=O)OC(C)(C)C)OC)N(C)C(=O)[C@@H](NC(=O)[C@@H](NC)C(C)C)C(C)C. The number of rotatable bonds is 42. The molecule has 5 aromatic rings. The summed E-state index contributed by atoms with van der Waals surface area (Å²) in [5.74, 6) is -5.88. The number of aryl methyl sites for hydroxylation is 1. The number of nitrogens with one attached hydrogen (secondary N) is 8. The third-order valence-corrected chi connectivity index (χ3v) is 20.5. The molecule has 0 unspecified atom stereocenters. The lowest BCUT2D eigenvalue weighted by atomic mass is 9.76. The first-order chi connectivity index (χ1) is 51.4. The van der Waals surface area contributed by atoms with Crippen molar-refractivity contribution in [1.29, 1.82) is 0 Å². The summed E-state index contributed by atoms with van der Waals surface area (Å²) < 4.78 is 18.2. The van der Waals surface area contributed by atoms with Gasteiger partial charge in [-0.15, -0.1) is 0 Å². The second-order valence-corrected chi connectivity index (χ2v) is 30.4. The molecule has 1 fully saturated rings. The standard InChI is InChI=1S/C84H121N11O13/c1-16-56(7)73(94(13)80(103)72(54(4)5)93-79(102)71(86-12)53(2)3)69(106-14)52-70(97)95-49-29-38-68(95)74(107-15)57(8)75(98)91-66(50-58-30-20-17-21-31-58)78(101)90-65(37-28-47-87-82(85)105)76(99)89-64(77(100)92-67(81(104)108-83(9,10)11)51-59-41-45-63(96)46-42-59)36-26-27-48-88-84(60-32-22-18-23-33-60,61-34-24-19-25-35-61)62-43-39-55(6)40-44-62/h17-25,30-35,39-46,53-54,56-57,64-69,71-74,86,88,96H,16,26-29,36-38,47-52H2,1-15H3,(H,89,99)(H,90,101)(H,91,98)(H,92,100)(H,93,102)(H3,85,87,105)/t56-,57+,64-,65-,66-,67-,68-,69+,71-,72-,73-,74+/m0/s1. The molecule has 0 bridgehead atoms. The molecule has 1 heterocycles. The molecule has 590 valence electrons. The monoisotopic (exact) mass is 1490 g/mol. The van der Waals surface area contributed by atoms with E-state index in [0.717, 1.165) is 22.3 Å². The van der Waals surface area contributed by atoms with E-state index in [1.54, 1.807) is 88.0 Å². The van der Waals surface area contributed by atoms with Crippen LogP contribution in [0, 0.1) is 30.6 Å². The zero-order chi connectivity index (χ0) is 79.4. The van der Waals surface area contributed by atoms with Gasteiger partial charge in [-0.05, 0) is 144 Å². The molecule has 0 saturated carbocycles. The molecule has 1 aliphatic rings. The summed E-state index contributed by atoms with van der Waals surface area (Å²) in [6.07, 6.45) is 0.796. The summed E-state index contributed by atoms with van der Waals surface area (Å²) in [7, 11) is 6.37. The van der Waals surface area contributed by atoms with E-state index in [1.165, 1.54) is 26.4 Å². The Bertz CT molecular complexity index is 3630. The molecule has 108 heavy (non-hydrogen) atoms. The zero-order valence-electron chi connectivity index (χ0n) is 66.1. The number of methoxy groups -OCH3 is 2. The minimum Gasteiger partial charge on any atom is -0.508 e. The van der Waals surface area contributed by atoms with Crippen LogP contribution in [0.25, 0.3) is 0 Å². The Balaban J connectivity index is 1.28. The minimum atomic E-state index is -1.39. The number of hydrogen-bond acceptors (Lipinski definition) is 15. The molecular formula is C84H121N11O13. The molecular weight excluding hydrogens is 1370 g/mol. The lowest BCUT2D eigenvalue weighted by molar-refractivity contribution is -0.158. The van der Waals surface area contributed by atoms with E-state index >= 15 is 19.2 Å². The lowest BCUT2D eigenvalue weighted by Gasteiger charge is -2.41. The van der Waals surface area contributed by atoms with Crippen LogP contribution in [0.2, 0.25) is 0 Å². The summed E-state index contributed by atoms with van der Waals surface area (Å²) in [5, 5.41) is 34.4. The predicted molar refractivity (Wildman–Crippen MR) is 419 cm³/mol. The van der Waals surface area contributed by atoms with Crippen molar-refractivity contribution < 1.29 is 62.5 Å². The summed E-state index contributed by atoms with van der Waals surface area (Å²) in [4.78, 5) is 133. The number of phenolic OH excluding ortho intramolecular Hbond substituents is 1. The highest BCUT2D eigenvalue weighted by Crippen LogP contribution is 2.38. The van der Waals surface area contributed by atoms with Gasteiger partial charge < -0.3 is 72.1 Å².